The molecule has 2 aromatic rings. The second-order valence-corrected chi connectivity index (χ2v) is 5.68. The van der Waals surface area contributed by atoms with Crippen molar-refractivity contribution in [2.75, 3.05) is 6.54 Å². The molecule has 0 aliphatic carbocycles. The number of nitrogens with two attached hydrogens (primary N) is 1. The van der Waals surface area contributed by atoms with Gasteiger partial charge in [0.2, 0.25) is 0 Å². The van der Waals surface area contributed by atoms with Gasteiger partial charge in [-0.05, 0) is 38.3 Å². The summed E-state index contributed by atoms with van der Waals surface area (Å²) in [4.78, 5) is 8.03. The molecule has 1 atom stereocenters. The molecular weight excluding hydrogens is 246 g/mol. The smallest absolute Gasteiger partial charge is 0.110 e. The average molecular weight is 271 g/mol. The fraction of sp³-hybridized carbons (Fsp3) is 0.471. The molecule has 0 amide bonds. The van der Waals surface area contributed by atoms with Crippen molar-refractivity contribution in [1.29, 1.82) is 0 Å². The molecule has 0 radical (unpaired) electrons. The van der Waals surface area contributed by atoms with Crippen molar-refractivity contribution in [2.24, 2.45) is 5.73 Å². The van der Waals surface area contributed by atoms with Gasteiger partial charge in [0.1, 0.15) is 5.82 Å². The van der Waals surface area contributed by atoms with Gasteiger partial charge in [0.25, 0.3) is 0 Å². The molecule has 3 heteroatoms. The van der Waals surface area contributed by atoms with Crippen molar-refractivity contribution in [3.63, 3.8) is 0 Å². The van der Waals surface area contributed by atoms with E-state index in [2.05, 4.69) is 49.8 Å². The third-order valence-electron chi connectivity index (χ3n) is 3.85. The molecule has 108 valence electrons. The molecule has 1 aromatic carbocycles. The van der Waals surface area contributed by atoms with Crippen molar-refractivity contribution in [3.8, 4) is 11.3 Å². The second kappa shape index (κ2) is 6.23. The number of H-pyrrole nitrogens is 1. The van der Waals surface area contributed by atoms with Crippen LogP contribution in [-0.4, -0.2) is 16.5 Å². The number of aromatic nitrogens is 2. The average Bonchev–Trinajstić information content (AvgIpc) is 2.84. The minimum Gasteiger partial charge on any atom is -0.342 e. The van der Waals surface area contributed by atoms with E-state index in [1.54, 1.807) is 0 Å². The van der Waals surface area contributed by atoms with Crippen LogP contribution in [0.4, 0.5) is 0 Å². The first-order chi connectivity index (χ1) is 9.56. The summed E-state index contributed by atoms with van der Waals surface area (Å²) in [5.41, 5.74) is 12.1. The van der Waals surface area contributed by atoms with Crippen molar-refractivity contribution >= 4 is 0 Å². The van der Waals surface area contributed by atoms with E-state index in [1.165, 1.54) is 22.3 Å². The third kappa shape index (κ3) is 2.93. The van der Waals surface area contributed by atoms with Crippen molar-refractivity contribution in [1.82, 2.24) is 9.97 Å². The van der Waals surface area contributed by atoms with Crippen LogP contribution in [0.5, 0.6) is 0 Å². The van der Waals surface area contributed by atoms with E-state index in [4.69, 9.17) is 5.73 Å². The Morgan fingerprint density at radius 1 is 1.20 bits per heavy atom. The van der Waals surface area contributed by atoms with E-state index in [0.717, 1.165) is 24.4 Å². The second-order valence-electron chi connectivity index (χ2n) is 5.68. The quantitative estimate of drug-likeness (QED) is 0.868. The molecule has 2 rings (SSSR count). The fourth-order valence-electron chi connectivity index (χ4n) is 2.99. The fourth-order valence-corrected chi connectivity index (χ4v) is 2.99. The Labute approximate surface area is 121 Å². The molecule has 0 aliphatic rings. The number of benzene rings is 1. The lowest BCUT2D eigenvalue weighted by atomic mass is 9.98. The molecule has 0 aliphatic heterocycles. The van der Waals surface area contributed by atoms with Crippen LogP contribution in [0.15, 0.2) is 18.3 Å². The van der Waals surface area contributed by atoms with Crippen LogP contribution >= 0.6 is 0 Å². The summed E-state index contributed by atoms with van der Waals surface area (Å²) in [5.74, 6) is 1.35. The Morgan fingerprint density at radius 3 is 2.40 bits per heavy atom. The van der Waals surface area contributed by atoms with Gasteiger partial charge in [-0.2, -0.15) is 0 Å². The molecule has 3 N–H and O–H groups in total. The molecule has 1 aromatic heterocycles. The van der Waals surface area contributed by atoms with Gasteiger partial charge >= 0.3 is 0 Å². The lowest BCUT2D eigenvalue weighted by molar-refractivity contribution is 0.595. The number of aromatic amines is 1. The first kappa shape index (κ1) is 14.8. The first-order valence-corrected chi connectivity index (χ1v) is 7.40. The molecule has 1 unspecified atom stereocenters. The van der Waals surface area contributed by atoms with Crippen LogP contribution in [0.2, 0.25) is 0 Å². The Kier molecular flexibility index (Phi) is 4.61. The maximum atomic E-state index is 5.86. The monoisotopic (exact) mass is 271 g/mol. The number of imidazole rings is 1. The van der Waals surface area contributed by atoms with Gasteiger partial charge in [0.05, 0.1) is 11.9 Å². The molecule has 0 spiro atoms. The maximum absolute atomic E-state index is 5.86. The molecule has 0 saturated carbocycles. The lowest BCUT2D eigenvalue weighted by Crippen LogP contribution is -2.13. The van der Waals surface area contributed by atoms with E-state index >= 15 is 0 Å². The number of rotatable bonds is 5. The summed E-state index contributed by atoms with van der Waals surface area (Å²) in [7, 11) is 0. The molecule has 3 nitrogen and oxygen atoms in total. The first-order valence-electron chi connectivity index (χ1n) is 7.40. The highest BCUT2D eigenvalue weighted by Gasteiger charge is 2.15. The molecule has 0 saturated heterocycles. The number of hydrogen-bond donors (Lipinski definition) is 2. The van der Waals surface area contributed by atoms with Gasteiger partial charge in [-0.1, -0.05) is 31.0 Å². The van der Waals surface area contributed by atoms with Crippen molar-refractivity contribution in [3.05, 3.63) is 40.8 Å². The zero-order chi connectivity index (χ0) is 14.7. The SMILES string of the molecule is CCCC(CN)c1ncc(-c2c(C)cc(C)cc2C)[nH]1. The van der Waals surface area contributed by atoms with Gasteiger partial charge in [-0.3, -0.25) is 0 Å². The predicted octanol–water partition coefficient (Wildman–Crippen LogP) is 3.84. The summed E-state index contributed by atoms with van der Waals surface area (Å²) in [6.45, 7) is 9.27. The summed E-state index contributed by atoms with van der Waals surface area (Å²) in [6, 6.07) is 4.44. The normalized spacial score (nSPS) is 12.7. The van der Waals surface area contributed by atoms with E-state index < -0.39 is 0 Å². The highest BCUT2D eigenvalue weighted by atomic mass is 14.9. The minimum atomic E-state index is 0.333. The molecular formula is C17H25N3. The van der Waals surface area contributed by atoms with E-state index in [-0.39, 0.29) is 0 Å². The van der Waals surface area contributed by atoms with E-state index in [9.17, 15) is 0 Å². The molecule has 1 heterocycles. The zero-order valence-electron chi connectivity index (χ0n) is 13.0. The van der Waals surface area contributed by atoms with Gasteiger partial charge in [0, 0.05) is 18.0 Å². The summed E-state index contributed by atoms with van der Waals surface area (Å²) >= 11 is 0. The number of hydrogen-bond acceptors (Lipinski definition) is 2. The van der Waals surface area contributed by atoms with Crippen molar-refractivity contribution < 1.29 is 0 Å². The van der Waals surface area contributed by atoms with Gasteiger partial charge in [-0.15, -0.1) is 0 Å². The molecule has 0 fully saturated rings. The summed E-state index contributed by atoms with van der Waals surface area (Å²) in [6.07, 6.45) is 4.15. The molecule has 0 bridgehead atoms. The highest BCUT2D eigenvalue weighted by molar-refractivity contribution is 5.67. The zero-order valence-corrected chi connectivity index (χ0v) is 13.0. The largest absolute Gasteiger partial charge is 0.342 e. The highest BCUT2D eigenvalue weighted by Crippen LogP contribution is 2.28. The van der Waals surface area contributed by atoms with Crippen LogP contribution in [-0.2, 0) is 0 Å². The lowest BCUT2D eigenvalue weighted by Gasteiger charge is -2.11. The van der Waals surface area contributed by atoms with Crippen LogP contribution in [0, 0.1) is 20.8 Å². The van der Waals surface area contributed by atoms with Gasteiger partial charge < -0.3 is 10.7 Å². The molecule has 20 heavy (non-hydrogen) atoms. The predicted molar refractivity (Wildman–Crippen MR) is 84.9 cm³/mol. The Hall–Kier alpha value is -1.61. The van der Waals surface area contributed by atoms with Crippen LogP contribution in [0.3, 0.4) is 0 Å². The van der Waals surface area contributed by atoms with E-state index in [1.807, 2.05) is 6.20 Å². The number of nitrogens with zero attached hydrogens (tertiary/aromatic N) is 1. The summed E-state index contributed by atoms with van der Waals surface area (Å²) in [5, 5.41) is 0. The van der Waals surface area contributed by atoms with E-state index in [0.29, 0.717) is 12.5 Å². The Morgan fingerprint density at radius 2 is 1.85 bits per heavy atom. The number of nitrogens with one attached hydrogen (secondary N) is 1. The van der Waals surface area contributed by atoms with Gasteiger partial charge in [-0.25, -0.2) is 4.98 Å². The maximum Gasteiger partial charge on any atom is 0.110 e. The summed E-state index contributed by atoms with van der Waals surface area (Å²) < 4.78 is 0. The Balaban J connectivity index is 2.38. The Bertz CT molecular complexity index is 561. The minimum absolute atomic E-state index is 0.333. The third-order valence-corrected chi connectivity index (χ3v) is 3.85. The topological polar surface area (TPSA) is 54.7 Å². The number of aryl methyl sites for hydroxylation is 3. The van der Waals surface area contributed by atoms with Crippen LogP contribution in [0.25, 0.3) is 11.3 Å². The van der Waals surface area contributed by atoms with Crippen LogP contribution in [0.1, 0.15) is 48.2 Å². The van der Waals surface area contributed by atoms with Gasteiger partial charge in [0.15, 0.2) is 0 Å². The van der Waals surface area contributed by atoms with Crippen LogP contribution < -0.4 is 5.73 Å². The van der Waals surface area contributed by atoms with Crippen molar-refractivity contribution in [2.45, 2.75) is 46.5 Å². The standard InChI is InChI=1S/C17H25N3/c1-5-6-14(9-18)17-19-10-15(20-17)16-12(3)7-11(2)8-13(16)4/h7-8,10,14H,5-6,9,18H2,1-4H3,(H,19,20).